The molecule has 0 bridgehead atoms. The van der Waals surface area contributed by atoms with Crippen molar-refractivity contribution < 1.29 is 9.21 Å². The van der Waals surface area contributed by atoms with Crippen LogP contribution in [0.3, 0.4) is 0 Å². The zero-order valence-electron chi connectivity index (χ0n) is 17.1. The third kappa shape index (κ3) is 4.52. The van der Waals surface area contributed by atoms with Crippen molar-refractivity contribution >= 4 is 40.3 Å². The van der Waals surface area contributed by atoms with Gasteiger partial charge in [-0.3, -0.25) is 4.79 Å². The first-order valence-corrected chi connectivity index (χ1v) is 12.0. The molecule has 0 spiro atoms. The first-order valence-electron chi connectivity index (χ1n) is 9.78. The van der Waals surface area contributed by atoms with Crippen LogP contribution in [0.4, 0.5) is 0 Å². The van der Waals surface area contributed by atoms with E-state index in [2.05, 4.69) is 53.0 Å². The summed E-state index contributed by atoms with van der Waals surface area (Å²) in [5, 5.41) is 1.34. The molecule has 0 radical (unpaired) electrons. The van der Waals surface area contributed by atoms with E-state index in [0.29, 0.717) is 5.75 Å². The van der Waals surface area contributed by atoms with Crippen LogP contribution >= 0.6 is 23.5 Å². The maximum Gasteiger partial charge on any atom is 0.233 e. The van der Waals surface area contributed by atoms with Crippen LogP contribution < -0.4 is 0 Å². The summed E-state index contributed by atoms with van der Waals surface area (Å²) in [5.74, 6) is 4.52. The molecule has 0 aliphatic carbocycles. The number of fused-ring (bicyclic) bond motifs is 1. The molecule has 3 aromatic rings. The van der Waals surface area contributed by atoms with Crippen molar-refractivity contribution in [3.63, 3.8) is 0 Å². The predicted molar refractivity (Wildman–Crippen MR) is 122 cm³/mol. The predicted octanol–water partition coefficient (Wildman–Crippen LogP) is 4.34. The number of benzene rings is 1. The van der Waals surface area contributed by atoms with Crippen LogP contribution in [0.1, 0.15) is 22.5 Å². The zero-order valence-corrected chi connectivity index (χ0v) is 18.8. The summed E-state index contributed by atoms with van der Waals surface area (Å²) in [6, 6.07) is 12.5. The van der Waals surface area contributed by atoms with Gasteiger partial charge in [0.25, 0.3) is 0 Å². The van der Waals surface area contributed by atoms with Crippen molar-refractivity contribution in [2.24, 2.45) is 7.05 Å². The Morgan fingerprint density at radius 2 is 2.00 bits per heavy atom. The fourth-order valence-corrected chi connectivity index (χ4v) is 5.82. The van der Waals surface area contributed by atoms with E-state index in [0.717, 1.165) is 36.1 Å². The van der Waals surface area contributed by atoms with Gasteiger partial charge in [-0.1, -0.05) is 18.2 Å². The van der Waals surface area contributed by atoms with Gasteiger partial charge in [0.15, 0.2) is 0 Å². The highest BCUT2D eigenvalue weighted by Gasteiger charge is 2.34. The van der Waals surface area contributed by atoms with E-state index >= 15 is 0 Å². The fourth-order valence-electron chi connectivity index (χ4n) is 3.76. The second-order valence-corrected chi connectivity index (χ2v) is 9.80. The lowest BCUT2D eigenvalue weighted by Crippen LogP contribution is -2.30. The standard InChI is InChI=1S/C22H27N3O2S2/c1-23(2)12-16-8-9-17(27-16)14-28-11-10-25-21(26)15-29-22(25)19-13-24(3)20-7-5-4-6-18(19)20/h4-9,13,22H,10-12,14-15H2,1-3H3. The molecule has 4 rings (SSSR count). The van der Waals surface area contributed by atoms with Gasteiger partial charge in [0.1, 0.15) is 16.9 Å². The molecule has 1 aliphatic rings. The number of carbonyl (C=O) groups is 1. The summed E-state index contributed by atoms with van der Waals surface area (Å²) < 4.78 is 8.04. The van der Waals surface area contributed by atoms with E-state index in [1.165, 1.54) is 16.5 Å². The molecule has 2 aromatic heterocycles. The van der Waals surface area contributed by atoms with Crippen molar-refractivity contribution in [1.29, 1.82) is 0 Å². The highest BCUT2D eigenvalue weighted by molar-refractivity contribution is 8.00. The minimum absolute atomic E-state index is 0.101. The van der Waals surface area contributed by atoms with Gasteiger partial charge in [0.05, 0.1) is 18.1 Å². The lowest BCUT2D eigenvalue weighted by atomic mass is 10.1. The van der Waals surface area contributed by atoms with Crippen LogP contribution in [0.5, 0.6) is 0 Å². The Morgan fingerprint density at radius 3 is 2.83 bits per heavy atom. The molecular formula is C22H27N3O2S2. The number of thioether (sulfide) groups is 2. The van der Waals surface area contributed by atoms with Crippen LogP contribution in [-0.2, 0) is 24.1 Å². The number of amides is 1. The summed E-state index contributed by atoms with van der Waals surface area (Å²) in [6.07, 6.45) is 2.18. The molecule has 1 aliphatic heterocycles. The molecule has 7 heteroatoms. The number of carbonyl (C=O) groups excluding carboxylic acids is 1. The van der Waals surface area contributed by atoms with E-state index in [1.54, 1.807) is 11.8 Å². The van der Waals surface area contributed by atoms with E-state index in [9.17, 15) is 4.79 Å². The second kappa shape index (κ2) is 8.90. The van der Waals surface area contributed by atoms with E-state index in [1.807, 2.05) is 36.8 Å². The molecular weight excluding hydrogens is 402 g/mol. The van der Waals surface area contributed by atoms with Gasteiger partial charge in [0, 0.05) is 42.0 Å². The van der Waals surface area contributed by atoms with Gasteiger partial charge in [-0.15, -0.1) is 11.8 Å². The maximum atomic E-state index is 12.5. The SMILES string of the molecule is CN(C)Cc1ccc(CSCCN2C(=O)CSC2c2cn(C)c3ccccc23)o1. The van der Waals surface area contributed by atoms with Crippen molar-refractivity contribution in [2.45, 2.75) is 17.7 Å². The Morgan fingerprint density at radius 1 is 1.21 bits per heavy atom. The minimum Gasteiger partial charge on any atom is -0.464 e. The molecule has 1 fully saturated rings. The third-order valence-corrected chi connectivity index (χ3v) is 7.27. The van der Waals surface area contributed by atoms with Crippen molar-refractivity contribution in [3.8, 4) is 0 Å². The van der Waals surface area contributed by atoms with Gasteiger partial charge < -0.3 is 18.8 Å². The number of nitrogens with zero attached hydrogens (tertiary/aromatic N) is 3. The molecule has 29 heavy (non-hydrogen) atoms. The largest absolute Gasteiger partial charge is 0.464 e. The highest BCUT2D eigenvalue weighted by Crippen LogP contribution is 2.42. The molecule has 1 atom stereocenters. The Hall–Kier alpha value is -1.83. The first-order chi connectivity index (χ1) is 14.0. The Labute approximate surface area is 180 Å². The minimum atomic E-state index is 0.101. The van der Waals surface area contributed by atoms with Gasteiger partial charge in [-0.2, -0.15) is 11.8 Å². The van der Waals surface area contributed by atoms with Gasteiger partial charge >= 0.3 is 0 Å². The molecule has 1 amide bonds. The second-order valence-electron chi connectivity index (χ2n) is 7.62. The van der Waals surface area contributed by atoms with Crippen molar-refractivity contribution in [2.75, 3.05) is 32.1 Å². The van der Waals surface area contributed by atoms with Crippen LogP contribution in [0.15, 0.2) is 47.0 Å². The highest BCUT2D eigenvalue weighted by atomic mass is 32.2. The van der Waals surface area contributed by atoms with Crippen molar-refractivity contribution in [3.05, 3.63) is 59.7 Å². The van der Waals surface area contributed by atoms with Gasteiger partial charge in [-0.05, 0) is 32.3 Å². The summed E-state index contributed by atoms with van der Waals surface area (Å²) >= 11 is 3.55. The molecule has 5 nitrogen and oxygen atoms in total. The number of aryl methyl sites for hydroxylation is 1. The van der Waals surface area contributed by atoms with Crippen LogP contribution in [-0.4, -0.2) is 52.4 Å². The third-order valence-electron chi connectivity index (χ3n) is 5.07. The van der Waals surface area contributed by atoms with Gasteiger partial charge in [-0.25, -0.2) is 0 Å². The number of hydrogen-bond donors (Lipinski definition) is 0. The normalized spacial score (nSPS) is 17.2. The lowest BCUT2D eigenvalue weighted by Gasteiger charge is -2.23. The topological polar surface area (TPSA) is 41.6 Å². The summed E-state index contributed by atoms with van der Waals surface area (Å²) in [7, 11) is 6.14. The molecule has 0 saturated carbocycles. The van der Waals surface area contributed by atoms with E-state index < -0.39 is 0 Å². The maximum absolute atomic E-state index is 12.5. The Kier molecular flexibility index (Phi) is 6.27. The molecule has 1 saturated heterocycles. The van der Waals surface area contributed by atoms with Crippen molar-refractivity contribution in [1.82, 2.24) is 14.4 Å². The summed E-state index contributed by atoms with van der Waals surface area (Å²) in [5.41, 5.74) is 2.45. The first kappa shape index (κ1) is 20.4. The van der Waals surface area contributed by atoms with E-state index in [4.69, 9.17) is 4.42 Å². The smallest absolute Gasteiger partial charge is 0.233 e. The number of para-hydroxylation sites is 1. The fraction of sp³-hybridized carbons (Fsp3) is 0.409. The van der Waals surface area contributed by atoms with Gasteiger partial charge in [0.2, 0.25) is 5.91 Å². The average molecular weight is 430 g/mol. The Bertz CT molecular complexity index is 995. The number of aromatic nitrogens is 1. The lowest BCUT2D eigenvalue weighted by molar-refractivity contribution is -0.127. The van der Waals surface area contributed by atoms with Crippen LogP contribution in [0.25, 0.3) is 10.9 Å². The summed E-state index contributed by atoms with van der Waals surface area (Å²) in [4.78, 5) is 16.7. The average Bonchev–Trinajstić information content (AvgIpc) is 3.37. The number of rotatable bonds is 8. The van der Waals surface area contributed by atoms with Crippen LogP contribution in [0, 0.1) is 0 Å². The molecule has 0 N–H and O–H groups in total. The zero-order chi connectivity index (χ0) is 20.4. The molecule has 1 unspecified atom stereocenters. The number of hydrogen-bond acceptors (Lipinski definition) is 5. The van der Waals surface area contributed by atoms with Crippen LogP contribution in [0.2, 0.25) is 0 Å². The molecule has 154 valence electrons. The monoisotopic (exact) mass is 429 g/mol. The number of furan rings is 1. The molecule has 1 aromatic carbocycles. The summed E-state index contributed by atoms with van der Waals surface area (Å²) in [6.45, 7) is 1.58. The van der Waals surface area contributed by atoms with E-state index in [-0.39, 0.29) is 11.3 Å². The molecule has 3 heterocycles. The quantitative estimate of drug-likeness (QED) is 0.498. The Balaban J connectivity index is 1.37.